The molecule has 5 nitrogen and oxygen atoms in total. The number of unbranched alkanes of at least 4 members (excludes halogenated alkanes) is 1. The van der Waals surface area contributed by atoms with Crippen LogP contribution in [0.3, 0.4) is 0 Å². The van der Waals surface area contributed by atoms with Crippen LogP contribution in [0.15, 0.2) is 48.5 Å². The topological polar surface area (TPSA) is 65.0 Å². The monoisotopic (exact) mass is 372 g/mol. The molecule has 0 aromatic heterocycles. The molecule has 2 aromatic carbocycles. The average Bonchev–Trinajstić information content (AvgIpc) is 2.71. The highest BCUT2D eigenvalue weighted by atomic mass is 16.5. The number of aliphatic hydroxyl groups excluding tert-OH is 1. The molecule has 0 aliphatic carbocycles. The van der Waals surface area contributed by atoms with Crippen molar-refractivity contribution in [2.45, 2.75) is 26.2 Å². The predicted molar refractivity (Wildman–Crippen MR) is 105 cm³/mol. The van der Waals surface area contributed by atoms with Crippen molar-refractivity contribution in [3.05, 3.63) is 54.1 Å². The molecule has 146 valence electrons. The first-order chi connectivity index (χ1) is 13.2. The summed E-state index contributed by atoms with van der Waals surface area (Å²) in [6.07, 6.45) is 2.50. The summed E-state index contributed by atoms with van der Waals surface area (Å²) >= 11 is 0. The number of benzene rings is 2. The Morgan fingerprint density at radius 2 is 1.48 bits per heavy atom. The zero-order chi connectivity index (χ0) is 19.3. The number of ether oxygens (including phenoxy) is 3. The maximum atomic E-state index is 11.7. The van der Waals surface area contributed by atoms with Crippen LogP contribution in [0.4, 0.5) is 0 Å². The van der Waals surface area contributed by atoms with E-state index in [-0.39, 0.29) is 12.6 Å². The fourth-order valence-corrected chi connectivity index (χ4v) is 2.53. The van der Waals surface area contributed by atoms with Crippen molar-refractivity contribution >= 4 is 5.97 Å². The van der Waals surface area contributed by atoms with Gasteiger partial charge in [-0.25, -0.2) is 4.79 Å². The van der Waals surface area contributed by atoms with Crippen LogP contribution < -0.4 is 4.74 Å². The van der Waals surface area contributed by atoms with Crippen LogP contribution in [-0.2, 0) is 9.47 Å². The number of carbonyl (C=O) groups excluding carboxylic acids is 1. The fourth-order valence-electron chi connectivity index (χ4n) is 2.53. The predicted octanol–water partition coefficient (Wildman–Crippen LogP) is 4.09. The first kappa shape index (κ1) is 20.9. The Balaban J connectivity index is 1.75. The van der Waals surface area contributed by atoms with Gasteiger partial charge in [-0.15, -0.1) is 0 Å². The molecule has 2 rings (SSSR count). The minimum atomic E-state index is -0.301. The summed E-state index contributed by atoms with van der Waals surface area (Å²) in [6, 6.07) is 15.3. The maximum absolute atomic E-state index is 11.7. The second-order valence-corrected chi connectivity index (χ2v) is 6.07. The van der Waals surface area contributed by atoms with E-state index in [0.29, 0.717) is 32.0 Å². The second-order valence-electron chi connectivity index (χ2n) is 6.07. The average molecular weight is 372 g/mol. The normalized spacial score (nSPS) is 10.6. The first-order valence-electron chi connectivity index (χ1n) is 9.43. The second kappa shape index (κ2) is 12.1. The van der Waals surface area contributed by atoms with Gasteiger partial charge in [-0.3, -0.25) is 0 Å². The van der Waals surface area contributed by atoms with Gasteiger partial charge in [0.2, 0.25) is 0 Å². The van der Waals surface area contributed by atoms with Gasteiger partial charge in [-0.2, -0.15) is 0 Å². The lowest BCUT2D eigenvalue weighted by Crippen LogP contribution is -2.04. The van der Waals surface area contributed by atoms with E-state index in [0.717, 1.165) is 36.1 Å². The van der Waals surface area contributed by atoms with Gasteiger partial charge in [0.25, 0.3) is 0 Å². The summed E-state index contributed by atoms with van der Waals surface area (Å²) in [5.41, 5.74) is 2.65. The van der Waals surface area contributed by atoms with E-state index < -0.39 is 0 Å². The molecule has 0 spiro atoms. The van der Waals surface area contributed by atoms with Gasteiger partial charge >= 0.3 is 5.97 Å². The number of carbonyl (C=O) groups is 1. The maximum Gasteiger partial charge on any atom is 0.338 e. The van der Waals surface area contributed by atoms with Crippen LogP contribution >= 0.6 is 0 Å². The van der Waals surface area contributed by atoms with E-state index in [4.69, 9.17) is 19.3 Å². The Hall–Kier alpha value is -2.37. The van der Waals surface area contributed by atoms with Gasteiger partial charge in [-0.1, -0.05) is 24.3 Å². The summed E-state index contributed by atoms with van der Waals surface area (Å²) in [6.45, 7) is 4.34. The van der Waals surface area contributed by atoms with Gasteiger partial charge < -0.3 is 19.3 Å². The zero-order valence-corrected chi connectivity index (χ0v) is 15.9. The van der Waals surface area contributed by atoms with Gasteiger partial charge in [0.15, 0.2) is 0 Å². The summed E-state index contributed by atoms with van der Waals surface area (Å²) < 4.78 is 16.2. The van der Waals surface area contributed by atoms with Crippen molar-refractivity contribution in [3.8, 4) is 16.9 Å². The van der Waals surface area contributed by atoms with Crippen molar-refractivity contribution in [2.24, 2.45) is 0 Å². The molecule has 0 aliphatic rings. The SMILES string of the molecule is CCOC(=O)c1ccc(-c2ccc(OCCCOCCCCO)cc2)cc1. The minimum Gasteiger partial charge on any atom is -0.494 e. The number of hydrogen-bond acceptors (Lipinski definition) is 5. The van der Waals surface area contributed by atoms with Crippen LogP contribution in [0.5, 0.6) is 5.75 Å². The van der Waals surface area contributed by atoms with Crippen LogP contribution in [-0.4, -0.2) is 44.1 Å². The Kier molecular flexibility index (Phi) is 9.38. The van der Waals surface area contributed by atoms with Crippen molar-refractivity contribution < 1.29 is 24.1 Å². The summed E-state index contributed by atoms with van der Waals surface area (Å²) in [5.74, 6) is 0.521. The molecule has 0 saturated carbocycles. The zero-order valence-electron chi connectivity index (χ0n) is 15.9. The summed E-state index contributed by atoms with van der Waals surface area (Å²) in [4.78, 5) is 11.7. The third-order valence-electron chi connectivity index (χ3n) is 3.98. The third-order valence-corrected chi connectivity index (χ3v) is 3.98. The minimum absolute atomic E-state index is 0.220. The highest BCUT2D eigenvalue weighted by molar-refractivity contribution is 5.90. The van der Waals surface area contributed by atoms with Crippen molar-refractivity contribution in [2.75, 3.05) is 33.0 Å². The fraction of sp³-hybridized carbons (Fsp3) is 0.409. The van der Waals surface area contributed by atoms with Gasteiger partial charge in [-0.05, 0) is 55.2 Å². The molecule has 0 atom stereocenters. The lowest BCUT2D eigenvalue weighted by atomic mass is 10.0. The standard InChI is InChI=1S/C22H28O5/c1-2-26-22(24)20-8-6-18(7-9-20)19-10-12-21(13-11-19)27-17-5-16-25-15-4-3-14-23/h6-13,23H,2-5,14-17H2,1H3. The van der Waals surface area contributed by atoms with Crippen molar-refractivity contribution in [1.82, 2.24) is 0 Å². The molecule has 0 saturated heterocycles. The Labute approximate surface area is 160 Å². The summed E-state index contributed by atoms with van der Waals surface area (Å²) in [5, 5.41) is 8.69. The third kappa shape index (κ3) is 7.41. The quantitative estimate of drug-likeness (QED) is 0.449. The highest BCUT2D eigenvalue weighted by Crippen LogP contribution is 2.23. The molecule has 0 bridgehead atoms. The molecular weight excluding hydrogens is 344 g/mol. The molecule has 0 amide bonds. The van der Waals surface area contributed by atoms with E-state index >= 15 is 0 Å². The largest absolute Gasteiger partial charge is 0.494 e. The van der Waals surface area contributed by atoms with Gasteiger partial charge in [0.05, 0.1) is 18.8 Å². The molecule has 0 heterocycles. The Morgan fingerprint density at radius 1 is 0.852 bits per heavy atom. The molecular formula is C22H28O5. The molecule has 0 fully saturated rings. The van der Waals surface area contributed by atoms with E-state index in [9.17, 15) is 4.79 Å². The summed E-state index contributed by atoms with van der Waals surface area (Å²) in [7, 11) is 0. The van der Waals surface area contributed by atoms with E-state index in [1.807, 2.05) is 36.4 Å². The van der Waals surface area contributed by atoms with Crippen LogP contribution in [0, 0.1) is 0 Å². The number of hydrogen-bond donors (Lipinski definition) is 1. The lowest BCUT2D eigenvalue weighted by Gasteiger charge is -2.08. The number of aliphatic hydroxyl groups is 1. The molecule has 0 unspecified atom stereocenters. The molecule has 1 N–H and O–H groups in total. The van der Waals surface area contributed by atoms with Gasteiger partial charge in [0.1, 0.15) is 5.75 Å². The Bertz CT molecular complexity index is 664. The molecule has 5 heteroatoms. The Morgan fingerprint density at radius 3 is 2.11 bits per heavy atom. The van der Waals surface area contributed by atoms with Gasteiger partial charge in [0, 0.05) is 26.2 Å². The molecule has 2 aromatic rings. The van der Waals surface area contributed by atoms with Crippen LogP contribution in [0.2, 0.25) is 0 Å². The molecule has 27 heavy (non-hydrogen) atoms. The van der Waals surface area contributed by atoms with E-state index in [1.165, 1.54) is 0 Å². The lowest BCUT2D eigenvalue weighted by molar-refractivity contribution is 0.0526. The smallest absolute Gasteiger partial charge is 0.338 e. The highest BCUT2D eigenvalue weighted by Gasteiger charge is 2.06. The number of esters is 1. The first-order valence-corrected chi connectivity index (χ1v) is 9.43. The van der Waals surface area contributed by atoms with Crippen molar-refractivity contribution in [1.29, 1.82) is 0 Å². The van der Waals surface area contributed by atoms with Crippen LogP contribution in [0.25, 0.3) is 11.1 Å². The molecule has 0 aliphatic heterocycles. The molecule has 0 radical (unpaired) electrons. The van der Waals surface area contributed by atoms with E-state index in [1.54, 1.807) is 19.1 Å². The number of rotatable bonds is 12. The van der Waals surface area contributed by atoms with E-state index in [2.05, 4.69) is 0 Å². The van der Waals surface area contributed by atoms with Crippen LogP contribution in [0.1, 0.15) is 36.5 Å². The van der Waals surface area contributed by atoms with Crippen molar-refractivity contribution in [3.63, 3.8) is 0 Å².